The molecule has 0 heterocycles. The molecule has 0 atom stereocenters. The Morgan fingerprint density at radius 2 is 1.77 bits per heavy atom. The van der Waals surface area contributed by atoms with Crippen molar-refractivity contribution in [2.45, 2.75) is 18.7 Å². The van der Waals surface area contributed by atoms with Crippen molar-refractivity contribution in [1.82, 2.24) is 4.31 Å². The number of ether oxygens (including phenoxy) is 1. The molecular weight excluding hydrogens is 412 g/mol. The monoisotopic (exact) mass is 436 g/mol. The van der Waals surface area contributed by atoms with Crippen LogP contribution in [-0.2, 0) is 14.8 Å². The summed E-state index contributed by atoms with van der Waals surface area (Å²) in [6.45, 7) is 4.21. The number of hydrogen-bond donors (Lipinski definition) is 2. The highest BCUT2D eigenvalue weighted by atomic mass is 32.2. The van der Waals surface area contributed by atoms with Gasteiger partial charge >= 0.3 is 0 Å². The van der Waals surface area contributed by atoms with Gasteiger partial charge in [-0.2, -0.15) is 4.31 Å². The van der Waals surface area contributed by atoms with E-state index in [1.165, 1.54) is 41.7 Å². The topological polar surface area (TPSA) is 131 Å². The number of amides is 1. The van der Waals surface area contributed by atoms with Gasteiger partial charge in [0, 0.05) is 24.8 Å². The molecule has 0 aromatic heterocycles. The van der Waals surface area contributed by atoms with Crippen molar-refractivity contribution in [3.8, 4) is 5.75 Å². The number of carbonyl (C=O) groups excluding carboxylic acids is 1. The van der Waals surface area contributed by atoms with Gasteiger partial charge in [-0.1, -0.05) is 13.8 Å². The fourth-order valence-electron chi connectivity index (χ4n) is 2.73. The standard InChI is InChI=1S/C19H24N4O6S/c1-4-22(5-2)30(27,28)16-9-6-14(7-10-16)20-13-19(24)21-17-11-8-15(23(25)26)12-18(17)29-3/h6-12,20H,4-5,13H2,1-3H3,(H,21,24). The molecule has 0 saturated carbocycles. The summed E-state index contributed by atoms with van der Waals surface area (Å²) in [6, 6.07) is 9.99. The minimum Gasteiger partial charge on any atom is -0.494 e. The molecule has 0 bridgehead atoms. The van der Waals surface area contributed by atoms with Gasteiger partial charge in [0.1, 0.15) is 5.75 Å². The highest BCUT2D eigenvalue weighted by molar-refractivity contribution is 7.89. The first-order chi connectivity index (χ1) is 14.2. The number of hydrogen-bond acceptors (Lipinski definition) is 7. The molecule has 0 aliphatic rings. The molecule has 0 radical (unpaired) electrons. The Kier molecular flexibility index (Phi) is 7.72. The average Bonchev–Trinajstić information content (AvgIpc) is 2.73. The Bertz CT molecular complexity index is 1000. The molecule has 2 aromatic carbocycles. The SMILES string of the molecule is CCN(CC)S(=O)(=O)c1ccc(NCC(=O)Nc2ccc([N+](=O)[O-])cc2OC)cc1. The van der Waals surface area contributed by atoms with Crippen molar-refractivity contribution in [3.63, 3.8) is 0 Å². The molecule has 1 amide bonds. The predicted octanol–water partition coefficient (Wildman–Crippen LogP) is 2.68. The summed E-state index contributed by atoms with van der Waals surface area (Å²) < 4.78 is 31.4. The summed E-state index contributed by atoms with van der Waals surface area (Å²) in [7, 11) is -2.19. The normalized spacial score (nSPS) is 11.2. The lowest BCUT2D eigenvalue weighted by molar-refractivity contribution is -0.384. The van der Waals surface area contributed by atoms with Gasteiger partial charge in [-0.05, 0) is 30.3 Å². The van der Waals surface area contributed by atoms with Crippen LogP contribution < -0.4 is 15.4 Å². The van der Waals surface area contributed by atoms with E-state index in [-0.39, 0.29) is 22.9 Å². The number of anilines is 2. The molecule has 0 saturated heterocycles. The first kappa shape index (κ1) is 23.1. The van der Waals surface area contributed by atoms with E-state index < -0.39 is 20.9 Å². The second kappa shape index (κ2) is 10.0. The Balaban J connectivity index is 2.01. The number of carbonyl (C=O) groups is 1. The summed E-state index contributed by atoms with van der Waals surface area (Å²) in [5.74, 6) is -0.231. The van der Waals surface area contributed by atoms with Gasteiger partial charge in [0.25, 0.3) is 5.69 Å². The largest absolute Gasteiger partial charge is 0.494 e. The maximum Gasteiger partial charge on any atom is 0.273 e. The van der Waals surface area contributed by atoms with Crippen LogP contribution in [0.4, 0.5) is 17.1 Å². The third kappa shape index (κ3) is 5.45. The van der Waals surface area contributed by atoms with Gasteiger partial charge in [0.15, 0.2) is 0 Å². The highest BCUT2D eigenvalue weighted by Gasteiger charge is 2.21. The lowest BCUT2D eigenvalue weighted by atomic mass is 10.2. The average molecular weight is 436 g/mol. The summed E-state index contributed by atoms with van der Waals surface area (Å²) in [5, 5.41) is 16.3. The predicted molar refractivity (Wildman–Crippen MR) is 113 cm³/mol. The zero-order valence-electron chi connectivity index (χ0n) is 16.9. The van der Waals surface area contributed by atoms with Crippen LogP contribution in [-0.4, -0.2) is 50.3 Å². The molecule has 2 aromatic rings. The van der Waals surface area contributed by atoms with Gasteiger partial charge < -0.3 is 15.4 Å². The maximum atomic E-state index is 12.5. The van der Waals surface area contributed by atoms with E-state index in [0.717, 1.165) is 0 Å². The van der Waals surface area contributed by atoms with Gasteiger partial charge in [0.05, 0.1) is 35.2 Å². The summed E-state index contributed by atoms with van der Waals surface area (Å²) >= 11 is 0. The van der Waals surface area contributed by atoms with Gasteiger partial charge in [-0.15, -0.1) is 0 Å². The molecule has 0 spiro atoms. The van der Waals surface area contributed by atoms with Crippen molar-refractivity contribution in [1.29, 1.82) is 0 Å². The fraction of sp³-hybridized carbons (Fsp3) is 0.316. The number of non-ortho nitro benzene ring substituents is 1. The van der Waals surface area contributed by atoms with Gasteiger partial charge in [-0.25, -0.2) is 8.42 Å². The molecule has 30 heavy (non-hydrogen) atoms. The molecule has 11 heteroatoms. The van der Waals surface area contributed by atoms with Crippen molar-refractivity contribution in [3.05, 3.63) is 52.6 Å². The minimum absolute atomic E-state index is 0.0950. The second-order valence-electron chi connectivity index (χ2n) is 6.16. The Hall–Kier alpha value is -3.18. The number of methoxy groups -OCH3 is 1. The van der Waals surface area contributed by atoms with E-state index in [1.807, 2.05) is 0 Å². The van der Waals surface area contributed by atoms with Crippen molar-refractivity contribution in [2.24, 2.45) is 0 Å². The minimum atomic E-state index is -3.54. The lowest BCUT2D eigenvalue weighted by Gasteiger charge is -2.18. The van der Waals surface area contributed by atoms with Gasteiger partial charge in [0.2, 0.25) is 15.9 Å². The molecule has 2 rings (SSSR count). The van der Waals surface area contributed by atoms with Crippen LogP contribution in [0.2, 0.25) is 0 Å². The molecule has 0 aliphatic carbocycles. The van der Waals surface area contributed by atoms with E-state index in [2.05, 4.69) is 10.6 Å². The molecule has 2 N–H and O–H groups in total. The highest BCUT2D eigenvalue weighted by Crippen LogP contribution is 2.29. The summed E-state index contributed by atoms with van der Waals surface area (Å²) in [5.41, 5.74) is 0.720. The van der Waals surface area contributed by atoms with Gasteiger partial charge in [-0.3, -0.25) is 14.9 Å². The number of nitrogens with one attached hydrogen (secondary N) is 2. The number of sulfonamides is 1. The number of benzene rings is 2. The van der Waals surface area contributed by atoms with Crippen LogP contribution >= 0.6 is 0 Å². The molecule has 0 unspecified atom stereocenters. The zero-order valence-corrected chi connectivity index (χ0v) is 17.7. The van der Waals surface area contributed by atoms with E-state index in [9.17, 15) is 23.3 Å². The first-order valence-electron chi connectivity index (χ1n) is 9.19. The Labute approximate surface area is 175 Å². The van der Waals surface area contributed by atoms with Crippen LogP contribution in [0.5, 0.6) is 5.75 Å². The van der Waals surface area contributed by atoms with Crippen LogP contribution in [0, 0.1) is 10.1 Å². The second-order valence-corrected chi connectivity index (χ2v) is 8.10. The fourth-order valence-corrected chi connectivity index (χ4v) is 4.19. The van der Waals surface area contributed by atoms with Crippen molar-refractivity contribution in [2.75, 3.05) is 37.4 Å². The smallest absolute Gasteiger partial charge is 0.273 e. The quantitative estimate of drug-likeness (QED) is 0.432. The van der Waals surface area contributed by atoms with E-state index in [4.69, 9.17) is 4.74 Å². The van der Waals surface area contributed by atoms with E-state index in [0.29, 0.717) is 24.5 Å². The molecular formula is C19H24N4O6S. The van der Waals surface area contributed by atoms with Crippen LogP contribution in [0.25, 0.3) is 0 Å². The molecule has 0 aliphatic heterocycles. The zero-order chi connectivity index (χ0) is 22.3. The molecule has 0 fully saturated rings. The van der Waals surface area contributed by atoms with E-state index in [1.54, 1.807) is 26.0 Å². The number of nitro benzene ring substituents is 1. The van der Waals surface area contributed by atoms with Crippen molar-refractivity contribution >= 4 is 33.0 Å². The third-order valence-corrected chi connectivity index (χ3v) is 6.38. The lowest BCUT2D eigenvalue weighted by Crippen LogP contribution is -2.30. The first-order valence-corrected chi connectivity index (χ1v) is 10.6. The summed E-state index contributed by atoms with van der Waals surface area (Å²) in [6.07, 6.45) is 0. The summed E-state index contributed by atoms with van der Waals surface area (Å²) in [4.78, 5) is 22.7. The number of nitrogens with zero attached hydrogens (tertiary/aromatic N) is 2. The maximum absolute atomic E-state index is 12.5. The number of nitro groups is 1. The van der Waals surface area contributed by atoms with E-state index >= 15 is 0 Å². The van der Waals surface area contributed by atoms with Crippen molar-refractivity contribution < 1.29 is 22.9 Å². The number of rotatable bonds is 10. The third-order valence-electron chi connectivity index (χ3n) is 4.32. The van der Waals surface area contributed by atoms with Crippen LogP contribution in [0.1, 0.15) is 13.8 Å². The van der Waals surface area contributed by atoms with Crippen LogP contribution in [0.15, 0.2) is 47.4 Å². The Morgan fingerprint density at radius 1 is 1.13 bits per heavy atom. The molecule has 162 valence electrons. The Morgan fingerprint density at radius 3 is 2.30 bits per heavy atom. The van der Waals surface area contributed by atoms with Crippen LogP contribution in [0.3, 0.4) is 0 Å². The molecule has 10 nitrogen and oxygen atoms in total.